The molecule has 2 rings (SSSR count). The Hall–Kier alpha value is -1.33. The Labute approximate surface area is 127 Å². The number of aliphatic hydroxyl groups excluding tert-OH is 1. The number of ether oxygens (including phenoxy) is 1. The molecule has 20 heavy (non-hydrogen) atoms. The SMILES string of the molecule is CCCOc1cccc(C(O)c2c(Br)cnn2CC)c1. The highest BCUT2D eigenvalue weighted by molar-refractivity contribution is 9.10. The van der Waals surface area contributed by atoms with Gasteiger partial charge in [-0.3, -0.25) is 4.68 Å². The van der Waals surface area contributed by atoms with E-state index in [-0.39, 0.29) is 0 Å². The standard InChI is InChI=1S/C15H19BrN2O2/c1-3-8-20-12-7-5-6-11(9-12)15(19)14-13(16)10-17-18(14)4-2/h5-7,9-10,15,19H,3-4,8H2,1-2H3. The molecule has 0 saturated carbocycles. The number of benzene rings is 1. The molecule has 0 fully saturated rings. The van der Waals surface area contributed by atoms with Crippen LogP contribution in [0.25, 0.3) is 0 Å². The van der Waals surface area contributed by atoms with Gasteiger partial charge in [0.15, 0.2) is 0 Å². The molecule has 0 spiro atoms. The predicted octanol–water partition coefficient (Wildman–Crippen LogP) is 3.54. The highest BCUT2D eigenvalue weighted by atomic mass is 79.9. The first-order valence-corrected chi connectivity index (χ1v) is 7.58. The number of aromatic nitrogens is 2. The van der Waals surface area contributed by atoms with Crippen molar-refractivity contribution in [2.75, 3.05) is 6.61 Å². The molecule has 0 radical (unpaired) electrons. The maximum absolute atomic E-state index is 10.6. The zero-order chi connectivity index (χ0) is 14.5. The van der Waals surface area contributed by atoms with Crippen molar-refractivity contribution in [2.45, 2.75) is 32.9 Å². The molecule has 0 bridgehead atoms. The van der Waals surface area contributed by atoms with Gasteiger partial charge in [-0.15, -0.1) is 0 Å². The molecule has 1 atom stereocenters. The van der Waals surface area contributed by atoms with Crippen LogP contribution in [-0.2, 0) is 6.54 Å². The fourth-order valence-corrected chi connectivity index (χ4v) is 2.56. The molecule has 1 aromatic carbocycles. The van der Waals surface area contributed by atoms with Gasteiger partial charge < -0.3 is 9.84 Å². The fraction of sp³-hybridized carbons (Fsp3) is 0.400. The number of nitrogens with zero attached hydrogens (tertiary/aromatic N) is 2. The van der Waals surface area contributed by atoms with Crippen molar-refractivity contribution in [3.63, 3.8) is 0 Å². The molecule has 0 aliphatic carbocycles. The Balaban J connectivity index is 2.28. The molecule has 1 heterocycles. The Kier molecular flexibility index (Phi) is 5.20. The average Bonchev–Trinajstić information content (AvgIpc) is 2.85. The van der Waals surface area contributed by atoms with E-state index in [1.165, 1.54) is 0 Å². The lowest BCUT2D eigenvalue weighted by molar-refractivity contribution is 0.206. The van der Waals surface area contributed by atoms with Crippen molar-refractivity contribution in [2.24, 2.45) is 0 Å². The number of rotatable bonds is 6. The average molecular weight is 339 g/mol. The van der Waals surface area contributed by atoms with E-state index >= 15 is 0 Å². The first-order chi connectivity index (χ1) is 9.67. The maximum Gasteiger partial charge on any atom is 0.122 e. The van der Waals surface area contributed by atoms with Gasteiger partial charge in [0.2, 0.25) is 0 Å². The Morgan fingerprint density at radius 3 is 2.90 bits per heavy atom. The molecule has 1 N–H and O–H groups in total. The summed E-state index contributed by atoms with van der Waals surface area (Å²) in [7, 11) is 0. The molecular weight excluding hydrogens is 320 g/mol. The summed E-state index contributed by atoms with van der Waals surface area (Å²) in [4.78, 5) is 0. The summed E-state index contributed by atoms with van der Waals surface area (Å²) in [5.74, 6) is 0.780. The zero-order valence-electron chi connectivity index (χ0n) is 11.7. The van der Waals surface area contributed by atoms with Gasteiger partial charge in [-0.25, -0.2) is 0 Å². The zero-order valence-corrected chi connectivity index (χ0v) is 13.3. The molecule has 2 aromatic rings. The van der Waals surface area contributed by atoms with Crippen molar-refractivity contribution in [1.29, 1.82) is 0 Å². The van der Waals surface area contributed by atoms with E-state index < -0.39 is 6.10 Å². The van der Waals surface area contributed by atoms with Gasteiger partial charge in [0.25, 0.3) is 0 Å². The summed E-state index contributed by atoms with van der Waals surface area (Å²) >= 11 is 3.44. The molecule has 5 heteroatoms. The summed E-state index contributed by atoms with van der Waals surface area (Å²) in [5.41, 5.74) is 1.56. The minimum atomic E-state index is -0.725. The summed E-state index contributed by atoms with van der Waals surface area (Å²) in [6.45, 7) is 5.45. The molecule has 0 amide bonds. The number of hydrogen-bond donors (Lipinski definition) is 1. The molecule has 0 aliphatic heterocycles. The first-order valence-electron chi connectivity index (χ1n) is 6.79. The summed E-state index contributed by atoms with van der Waals surface area (Å²) in [6.07, 6.45) is 1.94. The largest absolute Gasteiger partial charge is 0.494 e. The van der Waals surface area contributed by atoms with Gasteiger partial charge in [0.05, 0.1) is 23.0 Å². The van der Waals surface area contributed by atoms with E-state index in [0.29, 0.717) is 13.2 Å². The van der Waals surface area contributed by atoms with E-state index in [1.54, 1.807) is 10.9 Å². The van der Waals surface area contributed by atoms with E-state index in [0.717, 1.165) is 27.9 Å². The number of hydrogen-bond acceptors (Lipinski definition) is 3. The highest BCUT2D eigenvalue weighted by Crippen LogP contribution is 2.30. The van der Waals surface area contributed by atoms with E-state index in [1.807, 2.05) is 31.2 Å². The van der Waals surface area contributed by atoms with Gasteiger partial charge in [-0.2, -0.15) is 5.10 Å². The van der Waals surface area contributed by atoms with Crippen LogP contribution in [0, 0.1) is 0 Å². The maximum atomic E-state index is 10.6. The van der Waals surface area contributed by atoms with Gasteiger partial charge in [0, 0.05) is 6.54 Å². The second kappa shape index (κ2) is 6.90. The topological polar surface area (TPSA) is 47.3 Å². The lowest BCUT2D eigenvalue weighted by Gasteiger charge is -2.15. The van der Waals surface area contributed by atoms with Crippen LogP contribution in [-0.4, -0.2) is 21.5 Å². The van der Waals surface area contributed by atoms with Gasteiger partial charge in [-0.1, -0.05) is 19.1 Å². The molecule has 0 aliphatic rings. The van der Waals surface area contributed by atoms with Crippen LogP contribution in [0.15, 0.2) is 34.9 Å². The van der Waals surface area contributed by atoms with Crippen LogP contribution < -0.4 is 4.74 Å². The second-order valence-corrected chi connectivity index (χ2v) is 5.37. The summed E-state index contributed by atoms with van der Waals surface area (Å²) < 4.78 is 8.20. The third kappa shape index (κ3) is 3.22. The van der Waals surface area contributed by atoms with Crippen LogP contribution >= 0.6 is 15.9 Å². The molecule has 108 valence electrons. The first kappa shape index (κ1) is 15.1. The van der Waals surface area contributed by atoms with Crippen LogP contribution in [0.4, 0.5) is 0 Å². The highest BCUT2D eigenvalue weighted by Gasteiger charge is 2.19. The van der Waals surface area contributed by atoms with Crippen LogP contribution in [0.3, 0.4) is 0 Å². The smallest absolute Gasteiger partial charge is 0.122 e. The fourth-order valence-electron chi connectivity index (χ4n) is 2.05. The normalized spacial score (nSPS) is 12.4. The van der Waals surface area contributed by atoms with Crippen molar-refractivity contribution < 1.29 is 9.84 Å². The van der Waals surface area contributed by atoms with Crippen molar-refractivity contribution >= 4 is 15.9 Å². The Bertz CT molecular complexity index is 569. The van der Waals surface area contributed by atoms with Crippen LogP contribution in [0.1, 0.15) is 37.6 Å². The minimum Gasteiger partial charge on any atom is -0.494 e. The monoisotopic (exact) mass is 338 g/mol. The second-order valence-electron chi connectivity index (χ2n) is 4.52. The molecule has 1 aromatic heterocycles. The number of halogens is 1. The predicted molar refractivity (Wildman–Crippen MR) is 81.9 cm³/mol. The van der Waals surface area contributed by atoms with Crippen molar-refractivity contribution in [1.82, 2.24) is 9.78 Å². The van der Waals surface area contributed by atoms with Gasteiger partial charge >= 0.3 is 0 Å². The van der Waals surface area contributed by atoms with E-state index in [4.69, 9.17) is 4.74 Å². The van der Waals surface area contributed by atoms with Crippen LogP contribution in [0.5, 0.6) is 5.75 Å². The third-order valence-electron chi connectivity index (χ3n) is 3.04. The lowest BCUT2D eigenvalue weighted by Crippen LogP contribution is -2.10. The quantitative estimate of drug-likeness (QED) is 0.876. The molecule has 0 saturated heterocycles. The summed E-state index contributed by atoms with van der Waals surface area (Å²) in [6, 6.07) is 7.56. The van der Waals surface area contributed by atoms with Gasteiger partial charge in [-0.05, 0) is 47.0 Å². The molecule has 1 unspecified atom stereocenters. The minimum absolute atomic E-state index is 0.677. The van der Waals surface area contributed by atoms with Gasteiger partial charge in [0.1, 0.15) is 11.9 Å². The van der Waals surface area contributed by atoms with E-state index in [2.05, 4.69) is 28.0 Å². The van der Waals surface area contributed by atoms with Crippen molar-refractivity contribution in [3.05, 3.63) is 46.2 Å². The molecule has 4 nitrogen and oxygen atoms in total. The Morgan fingerprint density at radius 1 is 1.40 bits per heavy atom. The van der Waals surface area contributed by atoms with E-state index in [9.17, 15) is 5.11 Å². The summed E-state index contributed by atoms with van der Waals surface area (Å²) in [5, 5.41) is 14.8. The Morgan fingerprint density at radius 2 is 2.20 bits per heavy atom. The number of aryl methyl sites for hydroxylation is 1. The van der Waals surface area contributed by atoms with Crippen LogP contribution in [0.2, 0.25) is 0 Å². The lowest BCUT2D eigenvalue weighted by atomic mass is 10.1. The third-order valence-corrected chi connectivity index (χ3v) is 3.65. The number of aliphatic hydroxyl groups is 1. The molecular formula is C15H19BrN2O2. The van der Waals surface area contributed by atoms with Crippen molar-refractivity contribution in [3.8, 4) is 5.75 Å².